The van der Waals surface area contributed by atoms with Crippen LogP contribution in [0.4, 0.5) is 17.1 Å². The molecule has 0 heterocycles. The monoisotopic (exact) mass is 633 g/mol. The summed E-state index contributed by atoms with van der Waals surface area (Å²) < 4.78 is 0. The predicted molar refractivity (Wildman–Crippen MR) is 200 cm³/mol. The molecule has 2 heteroatoms. The SMILES string of the molecule is CC1(C)c2ccccc2-c2cccc(N(c3ccccc3)c3ccc4c(c3Cl)C3(c5ccccc5-c5ccccc53)c3ccccc3-4)c21. The third-order valence-corrected chi connectivity index (χ3v) is 11.5. The molecule has 48 heavy (non-hydrogen) atoms. The highest BCUT2D eigenvalue weighted by molar-refractivity contribution is 6.35. The second kappa shape index (κ2) is 9.83. The highest BCUT2D eigenvalue weighted by atomic mass is 35.5. The Morgan fingerprint density at radius 3 is 1.46 bits per heavy atom. The largest absolute Gasteiger partial charge is 0.309 e. The number of halogens is 1. The van der Waals surface area contributed by atoms with Gasteiger partial charge in [0.2, 0.25) is 0 Å². The Balaban J connectivity index is 1.30. The van der Waals surface area contributed by atoms with E-state index < -0.39 is 5.41 Å². The van der Waals surface area contributed by atoms with Crippen LogP contribution in [0.2, 0.25) is 5.02 Å². The van der Waals surface area contributed by atoms with E-state index in [-0.39, 0.29) is 5.41 Å². The first-order valence-corrected chi connectivity index (χ1v) is 17.1. The van der Waals surface area contributed by atoms with E-state index in [0.717, 1.165) is 27.6 Å². The minimum absolute atomic E-state index is 0.195. The number of hydrogen-bond acceptors (Lipinski definition) is 1. The molecule has 7 aromatic rings. The third-order valence-electron chi connectivity index (χ3n) is 11.1. The van der Waals surface area contributed by atoms with E-state index in [0.29, 0.717) is 0 Å². The van der Waals surface area contributed by atoms with Crippen molar-refractivity contribution in [3.05, 3.63) is 196 Å². The van der Waals surface area contributed by atoms with Gasteiger partial charge >= 0.3 is 0 Å². The summed E-state index contributed by atoms with van der Waals surface area (Å²) in [5.74, 6) is 0. The van der Waals surface area contributed by atoms with Crippen LogP contribution < -0.4 is 4.90 Å². The van der Waals surface area contributed by atoms with Crippen LogP contribution in [0.3, 0.4) is 0 Å². The summed E-state index contributed by atoms with van der Waals surface area (Å²) in [5, 5.41) is 0.782. The first-order chi connectivity index (χ1) is 23.5. The van der Waals surface area contributed by atoms with Gasteiger partial charge < -0.3 is 4.90 Å². The fourth-order valence-electron chi connectivity index (χ4n) is 9.29. The summed E-state index contributed by atoms with van der Waals surface area (Å²) >= 11 is 8.01. The molecule has 228 valence electrons. The normalized spacial score (nSPS) is 14.9. The van der Waals surface area contributed by atoms with Crippen molar-refractivity contribution in [1.82, 2.24) is 0 Å². The summed E-state index contributed by atoms with van der Waals surface area (Å²) in [6, 6.07) is 57.6. The van der Waals surface area contributed by atoms with Crippen LogP contribution >= 0.6 is 11.6 Å². The Morgan fingerprint density at radius 2 is 0.854 bits per heavy atom. The maximum atomic E-state index is 8.01. The first-order valence-electron chi connectivity index (χ1n) is 16.7. The van der Waals surface area contributed by atoms with Gasteiger partial charge in [0.1, 0.15) is 0 Å². The van der Waals surface area contributed by atoms with Gasteiger partial charge in [0.05, 0.1) is 21.8 Å². The molecule has 0 N–H and O–H groups in total. The highest BCUT2D eigenvalue weighted by Crippen LogP contribution is 2.65. The number of anilines is 3. The van der Waals surface area contributed by atoms with Crippen molar-refractivity contribution in [3.8, 4) is 33.4 Å². The number of hydrogen-bond donors (Lipinski definition) is 0. The quantitative estimate of drug-likeness (QED) is 0.187. The molecule has 0 saturated carbocycles. The van der Waals surface area contributed by atoms with Crippen molar-refractivity contribution >= 4 is 28.7 Å². The second-order valence-corrected chi connectivity index (χ2v) is 14.1. The van der Waals surface area contributed by atoms with Crippen molar-refractivity contribution in [1.29, 1.82) is 0 Å². The summed E-state index contributed by atoms with van der Waals surface area (Å²) in [4.78, 5) is 2.40. The van der Waals surface area contributed by atoms with Gasteiger partial charge in [-0.15, -0.1) is 0 Å². The van der Waals surface area contributed by atoms with Gasteiger partial charge in [-0.2, -0.15) is 0 Å². The summed E-state index contributed by atoms with van der Waals surface area (Å²) in [5.41, 5.74) is 17.8. The second-order valence-electron chi connectivity index (χ2n) is 13.7. The number of para-hydroxylation sites is 1. The highest BCUT2D eigenvalue weighted by Gasteiger charge is 2.53. The van der Waals surface area contributed by atoms with Gasteiger partial charge in [-0.1, -0.05) is 159 Å². The molecule has 0 aliphatic heterocycles. The van der Waals surface area contributed by atoms with E-state index in [4.69, 9.17) is 11.6 Å². The number of benzene rings is 7. The lowest BCUT2D eigenvalue weighted by atomic mass is 9.70. The van der Waals surface area contributed by atoms with Gasteiger partial charge in [-0.3, -0.25) is 0 Å². The average molecular weight is 634 g/mol. The van der Waals surface area contributed by atoms with Crippen LogP contribution in [0.5, 0.6) is 0 Å². The molecule has 3 aliphatic carbocycles. The molecule has 0 atom stereocenters. The molecule has 0 unspecified atom stereocenters. The first kappa shape index (κ1) is 27.7. The maximum absolute atomic E-state index is 8.01. The molecule has 0 bridgehead atoms. The topological polar surface area (TPSA) is 3.24 Å². The number of nitrogens with zero attached hydrogens (tertiary/aromatic N) is 1. The smallest absolute Gasteiger partial charge is 0.0740 e. The average Bonchev–Trinajstić information content (AvgIpc) is 3.69. The summed E-state index contributed by atoms with van der Waals surface area (Å²) in [7, 11) is 0. The molecule has 1 spiro atoms. The number of fused-ring (bicyclic) bond motifs is 13. The van der Waals surface area contributed by atoms with Crippen LogP contribution in [-0.4, -0.2) is 0 Å². The van der Waals surface area contributed by atoms with Crippen LogP contribution in [-0.2, 0) is 10.8 Å². The Hall–Kier alpha value is -5.37. The van der Waals surface area contributed by atoms with Gasteiger partial charge in [0, 0.05) is 16.7 Å². The Labute approximate surface area is 286 Å². The molecule has 0 aromatic heterocycles. The van der Waals surface area contributed by atoms with Crippen molar-refractivity contribution in [2.75, 3.05) is 4.90 Å². The van der Waals surface area contributed by atoms with Crippen molar-refractivity contribution < 1.29 is 0 Å². The molecule has 0 fully saturated rings. The van der Waals surface area contributed by atoms with Crippen LogP contribution in [0.15, 0.2) is 158 Å². The lowest BCUT2D eigenvalue weighted by Gasteiger charge is -2.35. The predicted octanol–water partition coefficient (Wildman–Crippen LogP) is 12.5. The zero-order valence-corrected chi connectivity index (χ0v) is 27.6. The van der Waals surface area contributed by atoms with Gasteiger partial charge in [-0.05, 0) is 85.5 Å². The molecule has 0 saturated heterocycles. The zero-order valence-electron chi connectivity index (χ0n) is 26.8. The van der Waals surface area contributed by atoms with Gasteiger partial charge in [0.25, 0.3) is 0 Å². The van der Waals surface area contributed by atoms with E-state index in [1.54, 1.807) is 0 Å². The van der Waals surface area contributed by atoms with E-state index in [9.17, 15) is 0 Å². The van der Waals surface area contributed by atoms with E-state index in [1.807, 2.05) is 0 Å². The van der Waals surface area contributed by atoms with Gasteiger partial charge in [-0.25, -0.2) is 0 Å². The van der Waals surface area contributed by atoms with E-state index in [1.165, 1.54) is 61.2 Å². The molecule has 1 nitrogen and oxygen atoms in total. The minimum Gasteiger partial charge on any atom is -0.309 e. The minimum atomic E-state index is -0.525. The lowest BCUT2D eigenvalue weighted by Crippen LogP contribution is -2.27. The van der Waals surface area contributed by atoms with Crippen LogP contribution in [0, 0.1) is 0 Å². The maximum Gasteiger partial charge on any atom is 0.0740 e. The van der Waals surface area contributed by atoms with Gasteiger partial charge in [0.15, 0.2) is 0 Å². The molecular weight excluding hydrogens is 602 g/mol. The zero-order chi connectivity index (χ0) is 32.2. The molecular formula is C46H32ClN. The number of rotatable bonds is 3. The Bertz CT molecular complexity index is 2390. The molecule has 10 rings (SSSR count). The molecule has 0 radical (unpaired) electrons. The lowest BCUT2D eigenvalue weighted by molar-refractivity contribution is 0.661. The van der Waals surface area contributed by atoms with E-state index >= 15 is 0 Å². The van der Waals surface area contributed by atoms with E-state index in [2.05, 4.69) is 176 Å². The summed E-state index contributed by atoms with van der Waals surface area (Å²) in [6.45, 7) is 4.71. The van der Waals surface area contributed by atoms with Crippen molar-refractivity contribution in [2.45, 2.75) is 24.7 Å². The van der Waals surface area contributed by atoms with Crippen LogP contribution in [0.25, 0.3) is 33.4 Å². The van der Waals surface area contributed by atoms with Crippen molar-refractivity contribution in [3.63, 3.8) is 0 Å². The molecule has 7 aromatic carbocycles. The fraction of sp³-hybridized carbons (Fsp3) is 0.0870. The fourth-order valence-corrected chi connectivity index (χ4v) is 9.68. The van der Waals surface area contributed by atoms with Crippen molar-refractivity contribution in [2.24, 2.45) is 0 Å². The third kappa shape index (κ3) is 3.37. The standard InChI is InChI=1S/C46H32ClN/c1-45(2)36-22-10-6-19-32(36)34-21-14-26-40(42(34)45)48(29-15-4-3-5-16-29)41-28-27-35-33-20-9-13-25-39(33)46(43(35)44(41)47)37-23-11-7-17-30(37)31-18-8-12-24-38(31)46/h3-28H,1-2H3. The molecule has 0 amide bonds. The summed E-state index contributed by atoms with van der Waals surface area (Å²) in [6.07, 6.45) is 0. The molecule has 3 aliphatic rings. The Kier molecular flexibility index (Phi) is 5.67. The van der Waals surface area contributed by atoms with Crippen LogP contribution in [0.1, 0.15) is 47.2 Å². The Morgan fingerprint density at radius 1 is 0.396 bits per heavy atom.